The number of aryl methyl sites for hydroxylation is 1. The Morgan fingerprint density at radius 2 is 1.73 bits per heavy atom. The lowest BCUT2D eigenvalue weighted by atomic mass is 9.85. The van der Waals surface area contributed by atoms with Crippen molar-refractivity contribution >= 4 is 34.8 Å². The Balaban J connectivity index is 1.54. The van der Waals surface area contributed by atoms with Crippen molar-refractivity contribution in [1.29, 1.82) is 0 Å². The van der Waals surface area contributed by atoms with Crippen LogP contribution >= 0.6 is 11.3 Å². The highest BCUT2D eigenvalue weighted by atomic mass is 32.1. The van der Waals surface area contributed by atoms with Gasteiger partial charge in [0.05, 0.1) is 41.4 Å². The van der Waals surface area contributed by atoms with E-state index in [0.717, 1.165) is 21.7 Å². The minimum absolute atomic E-state index is 0.0329. The van der Waals surface area contributed by atoms with Crippen molar-refractivity contribution in [2.75, 3.05) is 39.5 Å². The van der Waals surface area contributed by atoms with Crippen molar-refractivity contribution in [3.63, 3.8) is 0 Å². The molecule has 1 saturated heterocycles. The van der Waals surface area contributed by atoms with E-state index in [-0.39, 0.29) is 63.4 Å². The molecule has 0 unspecified atom stereocenters. The molecular weight excluding hydrogens is 596 g/mol. The van der Waals surface area contributed by atoms with Gasteiger partial charge in [-0.25, -0.2) is 4.98 Å². The number of carbonyl (C=O) groups excluding carboxylic acids is 4. The SMILES string of the molecule is CCNC(=O)COCCOCC(=O)N[C@H](C(=O)N1C[C@H](O)C[C@H]1C(=O)CC[C@@H](C)c1ccc(-c2scnc2C)cc1)C(C)(C)C. The Morgan fingerprint density at radius 3 is 2.31 bits per heavy atom. The maximum atomic E-state index is 13.8. The van der Waals surface area contributed by atoms with Crippen molar-refractivity contribution in [3.8, 4) is 10.4 Å². The van der Waals surface area contributed by atoms with Gasteiger partial charge in [-0.15, -0.1) is 11.3 Å². The van der Waals surface area contributed by atoms with E-state index in [4.69, 9.17) is 9.47 Å². The molecule has 45 heavy (non-hydrogen) atoms. The molecule has 2 aromatic rings. The quantitative estimate of drug-likeness (QED) is 0.236. The van der Waals surface area contributed by atoms with Crippen molar-refractivity contribution in [2.24, 2.45) is 5.41 Å². The number of likely N-dealkylation sites (tertiary alicyclic amines) is 1. The number of hydrogen-bond acceptors (Lipinski definition) is 9. The summed E-state index contributed by atoms with van der Waals surface area (Å²) in [6, 6.07) is 6.64. The van der Waals surface area contributed by atoms with Gasteiger partial charge in [-0.2, -0.15) is 0 Å². The summed E-state index contributed by atoms with van der Waals surface area (Å²) in [6.45, 7) is 11.8. The molecule has 1 aromatic carbocycles. The Hall–Kier alpha value is -3.19. The zero-order chi connectivity index (χ0) is 33.1. The Kier molecular flexibility index (Phi) is 13.6. The van der Waals surface area contributed by atoms with E-state index in [1.165, 1.54) is 4.90 Å². The van der Waals surface area contributed by atoms with Crippen LogP contribution in [-0.2, 0) is 28.7 Å². The number of rotatable bonds is 16. The van der Waals surface area contributed by atoms with Gasteiger partial charge in [0.2, 0.25) is 17.7 Å². The summed E-state index contributed by atoms with van der Waals surface area (Å²) in [4.78, 5) is 58.2. The number of ketones is 1. The average molecular weight is 645 g/mol. The first-order chi connectivity index (χ1) is 21.3. The van der Waals surface area contributed by atoms with Gasteiger partial charge in [0, 0.05) is 25.9 Å². The number of Topliss-reactive ketones (excluding diaryl/α,β-unsaturated/α-hetero) is 1. The van der Waals surface area contributed by atoms with E-state index in [0.29, 0.717) is 13.0 Å². The van der Waals surface area contributed by atoms with E-state index in [9.17, 15) is 24.3 Å². The van der Waals surface area contributed by atoms with Crippen molar-refractivity contribution < 1.29 is 33.8 Å². The van der Waals surface area contributed by atoms with E-state index in [1.54, 1.807) is 11.3 Å². The van der Waals surface area contributed by atoms with Crippen molar-refractivity contribution in [2.45, 2.75) is 84.9 Å². The van der Waals surface area contributed by atoms with Crippen molar-refractivity contribution in [3.05, 3.63) is 41.0 Å². The van der Waals surface area contributed by atoms with Gasteiger partial charge in [-0.3, -0.25) is 19.2 Å². The molecule has 1 aromatic heterocycles. The van der Waals surface area contributed by atoms with E-state index < -0.39 is 35.4 Å². The Morgan fingerprint density at radius 1 is 1.09 bits per heavy atom. The summed E-state index contributed by atoms with van der Waals surface area (Å²) in [6.07, 6.45) is 0.227. The van der Waals surface area contributed by atoms with Gasteiger partial charge in [-0.1, -0.05) is 52.0 Å². The molecule has 11 nitrogen and oxygen atoms in total. The standard InChI is InChI=1S/C33H48N4O7S/c1-7-34-28(40)18-43-14-15-44-19-29(41)36-31(33(4,5)6)32(42)37-17-25(38)16-26(37)27(39)13-8-21(2)23-9-11-24(12-10-23)30-22(3)35-20-45-30/h9-12,20-21,25-26,31,38H,7-8,13-19H2,1-6H3,(H,34,40)(H,36,41)/t21-,25-,26+,31-/m1/s1. The van der Waals surface area contributed by atoms with E-state index in [2.05, 4.69) is 46.8 Å². The second-order valence-corrected chi connectivity index (χ2v) is 13.5. The van der Waals surface area contributed by atoms with Crippen LogP contribution in [0.2, 0.25) is 0 Å². The first-order valence-electron chi connectivity index (χ1n) is 15.5. The largest absolute Gasteiger partial charge is 0.391 e. The molecule has 2 heterocycles. The molecule has 3 rings (SSSR count). The first-order valence-corrected chi connectivity index (χ1v) is 16.4. The minimum atomic E-state index is -0.928. The molecular formula is C33H48N4O7S. The Bertz CT molecular complexity index is 1290. The molecule has 0 spiro atoms. The van der Waals surface area contributed by atoms with E-state index in [1.807, 2.05) is 40.1 Å². The summed E-state index contributed by atoms with van der Waals surface area (Å²) in [5.41, 5.74) is 4.42. The minimum Gasteiger partial charge on any atom is -0.391 e. The number of nitrogens with one attached hydrogen (secondary N) is 2. The molecule has 248 valence electrons. The third-order valence-corrected chi connectivity index (χ3v) is 8.85. The number of aliphatic hydroxyl groups is 1. The topological polar surface area (TPSA) is 147 Å². The van der Waals surface area contributed by atoms with Gasteiger partial charge in [0.15, 0.2) is 5.78 Å². The lowest BCUT2D eigenvalue weighted by Gasteiger charge is -2.35. The Labute approximate surface area is 270 Å². The van der Waals surface area contributed by atoms with Gasteiger partial charge in [0.1, 0.15) is 19.3 Å². The summed E-state index contributed by atoms with van der Waals surface area (Å²) in [7, 11) is 0. The fourth-order valence-corrected chi connectivity index (χ4v) is 6.12. The molecule has 0 bridgehead atoms. The zero-order valence-electron chi connectivity index (χ0n) is 27.3. The number of ether oxygens (including phenoxy) is 2. The summed E-state index contributed by atoms with van der Waals surface area (Å²) >= 11 is 1.61. The second-order valence-electron chi connectivity index (χ2n) is 12.6. The third-order valence-electron chi connectivity index (χ3n) is 7.88. The van der Waals surface area contributed by atoms with E-state index >= 15 is 0 Å². The number of amides is 3. The highest BCUT2D eigenvalue weighted by Gasteiger charge is 2.44. The number of likely N-dealkylation sites (N-methyl/N-ethyl adjacent to an activating group) is 1. The predicted octanol–water partition coefficient (Wildman–Crippen LogP) is 3.23. The number of hydrogen-bond donors (Lipinski definition) is 3. The smallest absolute Gasteiger partial charge is 0.246 e. The van der Waals surface area contributed by atoms with Crippen LogP contribution in [0.3, 0.4) is 0 Å². The molecule has 0 saturated carbocycles. The fraction of sp³-hybridized carbons (Fsp3) is 0.606. The number of carbonyl (C=O) groups is 4. The van der Waals surface area contributed by atoms with Gasteiger partial charge in [-0.05, 0) is 42.7 Å². The van der Waals surface area contributed by atoms with Crippen LogP contribution in [0.15, 0.2) is 29.8 Å². The summed E-state index contributed by atoms with van der Waals surface area (Å²) in [5, 5.41) is 15.9. The summed E-state index contributed by atoms with van der Waals surface area (Å²) in [5.74, 6) is -1.09. The first kappa shape index (κ1) is 36.3. The molecule has 3 amide bonds. The number of nitrogens with zero attached hydrogens (tertiary/aromatic N) is 2. The van der Waals surface area contributed by atoms with Crippen molar-refractivity contribution in [1.82, 2.24) is 20.5 Å². The highest BCUT2D eigenvalue weighted by molar-refractivity contribution is 7.13. The molecule has 3 N–H and O–H groups in total. The molecule has 1 aliphatic rings. The lowest BCUT2D eigenvalue weighted by molar-refractivity contribution is -0.144. The number of benzene rings is 1. The second kappa shape index (κ2) is 16.9. The third kappa shape index (κ3) is 10.7. The van der Waals surface area contributed by atoms with Crippen LogP contribution in [0, 0.1) is 12.3 Å². The molecule has 0 aliphatic carbocycles. The lowest BCUT2D eigenvalue weighted by Crippen LogP contribution is -2.57. The number of β-amino-alcohol motifs (C(OH)–C–C–N with tert-alkyl or cyclic N) is 1. The molecule has 1 fully saturated rings. The highest BCUT2D eigenvalue weighted by Crippen LogP contribution is 2.31. The molecule has 12 heteroatoms. The maximum Gasteiger partial charge on any atom is 0.246 e. The number of aromatic nitrogens is 1. The summed E-state index contributed by atoms with van der Waals surface area (Å²) < 4.78 is 10.6. The number of thiazole rings is 1. The fourth-order valence-electron chi connectivity index (χ4n) is 5.31. The monoisotopic (exact) mass is 644 g/mol. The normalized spacial score (nSPS) is 18.0. The van der Waals surface area contributed by atoms with Gasteiger partial charge < -0.3 is 30.1 Å². The maximum absolute atomic E-state index is 13.8. The zero-order valence-corrected chi connectivity index (χ0v) is 28.1. The van der Waals surface area contributed by atoms with Gasteiger partial charge in [0.25, 0.3) is 0 Å². The van der Waals surface area contributed by atoms with Crippen LogP contribution in [0.1, 0.15) is 71.1 Å². The van der Waals surface area contributed by atoms with Crippen LogP contribution in [-0.4, -0.2) is 96.2 Å². The molecule has 4 atom stereocenters. The predicted molar refractivity (Wildman–Crippen MR) is 173 cm³/mol. The van der Waals surface area contributed by atoms with Crippen LogP contribution in [0.4, 0.5) is 0 Å². The van der Waals surface area contributed by atoms with Crippen LogP contribution in [0.25, 0.3) is 10.4 Å². The average Bonchev–Trinajstić information content (AvgIpc) is 3.60. The van der Waals surface area contributed by atoms with Crippen LogP contribution < -0.4 is 10.6 Å². The number of aliphatic hydroxyl groups excluding tert-OH is 1. The molecule has 1 aliphatic heterocycles. The van der Waals surface area contributed by atoms with Crippen LogP contribution in [0.5, 0.6) is 0 Å². The van der Waals surface area contributed by atoms with Gasteiger partial charge >= 0.3 is 0 Å². The molecule has 0 radical (unpaired) electrons.